The number of rotatable bonds is 3. The third kappa shape index (κ3) is 2.66. The number of halogens is 3. The van der Waals surface area contributed by atoms with Crippen LogP contribution in [0.2, 0.25) is 5.02 Å². The minimum absolute atomic E-state index is 0.431. The van der Waals surface area contributed by atoms with E-state index >= 15 is 0 Å². The van der Waals surface area contributed by atoms with Crippen LogP contribution in [-0.4, -0.2) is 29.2 Å². The van der Waals surface area contributed by atoms with Crippen LogP contribution in [-0.2, 0) is 24.1 Å². The Morgan fingerprint density at radius 3 is 1.59 bits per heavy atom. The highest BCUT2D eigenvalue weighted by Crippen LogP contribution is 2.69. The van der Waals surface area contributed by atoms with Gasteiger partial charge in [-0.2, -0.15) is 0 Å². The molecule has 2 atom stereocenters. The van der Waals surface area contributed by atoms with Crippen molar-refractivity contribution in [1.82, 2.24) is 4.90 Å². The van der Waals surface area contributed by atoms with Crippen molar-refractivity contribution < 1.29 is 14.4 Å². The largest absolute Gasteiger partial charge is 0.325 e. The van der Waals surface area contributed by atoms with Crippen LogP contribution in [0.15, 0.2) is 72.8 Å². The highest BCUT2D eigenvalue weighted by molar-refractivity contribution is 6.36. The summed E-state index contributed by atoms with van der Waals surface area (Å²) in [5, 5.41) is 3.23. The van der Waals surface area contributed by atoms with Crippen molar-refractivity contribution in [2.24, 2.45) is 11.8 Å². The molecule has 34 heavy (non-hydrogen) atoms. The molecule has 0 aromatic heterocycles. The number of likely N-dealkylation sites (tertiary alicyclic amines) is 1. The van der Waals surface area contributed by atoms with E-state index in [-0.39, 0.29) is 0 Å². The van der Waals surface area contributed by atoms with Crippen molar-refractivity contribution >= 4 is 58.2 Å². The zero-order valence-electron chi connectivity index (χ0n) is 17.6. The fraction of sp³-hybridized carbons (Fsp3) is 0.192. The van der Waals surface area contributed by atoms with Crippen LogP contribution in [0.4, 0.5) is 5.69 Å². The zero-order valence-corrected chi connectivity index (χ0v) is 19.9. The number of benzene rings is 3. The first-order valence-electron chi connectivity index (χ1n) is 10.8. The third-order valence-electron chi connectivity index (χ3n) is 7.11. The summed E-state index contributed by atoms with van der Waals surface area (Å²) in [6.45, 7) is -0.431. The van der Waals surface area contributed by atoms with Gasteiger partial charge in [0.15, 0.2) is 0 Å². The molecule has 7 rings (SSSR count). The Kier molecular flexibility index (Phi) is 4.66. The van der Waals surface area contributed by atoms with E-state index in [0.29, 0.717) is 10.7 Å². The standard InChI is InChI=1S/C26H17Cl3N2O3/c27-14-9-11-15(12-10-14)30-20(32)13-31-23(33)21-22(24(31)34)26(29)17-6-2-1-5-16(17)25(21,28)18-7-3-4-8-19(18)26/h1-12,21-22H,13H2,(H,30,32)/t21-,22-,25?,26?/m1/s1. The Balaban J connectivity index is 1.42. The van der Waals surface area contributed by atoms with Crippen LogP contribution in [0.3, 0.4) is 0 Å². The van der Waals surface area contributed by atoms with Gasteiger partial charge >= 0.3 is 0 Å². The summed E-state index contributed by atoms with van der Waals surface area (Å²) in [4.78, 5) is 38.6. The number of amides is 3. The predicted octanol–water partition coefficient (Wildman–Crippen LogP) is 4.87. The number of hydrogen-bond acceptors (Lipinski definition) is 3. The van der Waals surface area contributed by atoms with Crippen LogP contribution >= 0.6 is 34.8 Å². The normalized spacial score (nSPS) is 28.4. The van der Waals surface area contributed by atoms with E-state index in [9.17, 15) is 14.4 Å². The van der Waals surface area contributed by atoms with Gasteiger partial charge in [-0.15, -0.1) is 23.2 Å². The lowest BCUT2D eigenvalue weighted by Crippen LogP contribution is -2.57. The van der Waals surface area contributed by atoms with E-state index in [4.69, 9.17) is 34.8 Å². The third-order valence-corrected chi connectivity index (χ3v) is 8.64. The first-order chi connectivity index (χ1) is 16.3. The van der Waals surface area contributed by atoms with Gasteiger partial charge in [0.25, 0.3) is 0 Å². The van der Waals surface area contributed by atoms with E-state index < -0.39 is 45.9 Å². The molecule has 1 heterocycles. The molecule has 1 N–H and O–H groups in total. The molecule has 2 bridgehead atoms. The lowest BCUT2D eigenvalue weighted by atomic mass is 9.54. The summed E-state index contributed by atoms with van der Waals surface area (Å²) in [5.74, 6) is -3.34. The molecular formula is C26H17Cl3N2O3. The van der Waals surface area contributed by atoms with Gasteiger partial charge in [-0.3, -0.25) is 19.3 Å². The SMILES string of the molecule is O=C(CN1C(=O)[C@H]2[C@H](C1=O)C1(Cl)c3ccccc3C2(Cl)c2ccccc21)Nc1ccc(Cl)cc1. The molecule has 3 amide bonds. The topological polar surface area (TPSA) is 66.5 Å². The molecule has 3 aromatic rings. The van der Waals surface area contributed by atoms with Gasteiger partial charge < -0.3 is 5.32 Å². The smallest absolute Gasteiger partial charge is 0.244 e. The summed E-state index contributed by atoms with van der Waals surface area (Å²) in [5.41, 5.74) is 3.40. The number of carbonyl (C=O) groups is 3. The lowest BCUT2D eigenvalue weighted by Gasteiger charge is -2.54. The van der Waals surface area contributed by atoms with Gasteiger partial charge in [-0.1, -0.05) is 60.1 Å². The highest BCUT2D eigenvalue weighted by Gasteiger charge is 2.73. The molecule has 170 valence electrons. The lowest BCUT2D eigenvalue weighted by molar-refractivity contribution is -0.142. The molecule has 4 aliphatic rings. The van der Waals surface area contributed by atoms with E-state index in [1.54, 1.807) is 24.3 Å². The van der Waals surface area contributed by atoms with Crippen LogP contribution in [0.1, 0.15) is 22.3 Å². The van der Waals surface area contributed by atoms with Crippen LogP contribution in [0, 0.1) is 11.8 Å². The molecule has 5 nitrogen and oxygen atoms in total. The quantitative estimate of drug-likeness (QED) is 0.403. The zero-order chi connectivity index (χ0) is 23.8. The number of imide groups is 1. The number of alkyl halides is 2. The van der Waals surface area contributed by atoms with Crippen LogP contribution < -0.4 is 5.32 Å². The maximum absolute atomic E-state index is 13.7. The second-order valence-electron chi connectivity index (χ2n) is 8.79. The predicted molar refractivity (Wildman–Crippen MR) is 130 cm³/mol. The molecule has 3 aromatic carbocycles. The molecule has 0 spiro atoms. The number of hydrogen-bond donors (Lipinski definition) is 1. The number of anilines is 1. The van der Waals surface area contributed by atoms with E-state index in [1.807, 2.05) is 48.5 Å². The van der Waals surface area contributed by atoms with E-state index in [2.05, 4.69) is 5.32 Å². The molecule has 8 heteroatoms. The molecule has 1 fully saturated rings. The monoisotopic (exact) mass is 510 g/mol. The molecule has 0 saturated carbocycles. The van der Waals surface area contributed by atoms with Crippen molar-refractivity contribution in [3.05, 3.63) is 100 Å². The summed E-state index contributed by atoms with van der Waals surface area (Å²) < 4.78 is 0. The fourth-order valence-electron chi connectivity index (χ4n) is 5.76. The van der Waals surface area contributed by atoms with Gasteiger partial charge in [0, 0.05) is 10.7 Å². The van der Waals surface area contributed by atoms with Gasteiger partial charge in [0.1, 0.15) is 16.3 Å². The van der Waals surface area contributed by atoms with Crippen LogP contribution in [0.25, 0.3) is 0 Å². The average Bonchev–Trinajstić information content (AvgIpc) is 3.10. The average molecular weight is 512 g/mol. The number of nitrogens with one attached hydrogen (secondary N) is 1. The number of carbonyl (C=O) groups excluding carboxylic acids is 3. The second-order valence-corrected chi connectivity index (χ2v) is 10.4. The van der Waals surface area contributed by atoms with Gasteiger partial charge in [-0.25, -0.2) is 0 Å². The molecule has 1 aliphatic heterocycles. The van der Waals surface area contributed by atoms with Crippen molar-refractivity contribution in [2.75, 3.05) is 11.9 Å². The molecule has 3 aliphatic carbocycles. The number of nitrogens with zero attached hydrogens (tertiary/aromatic N) is 1. The maximum atomic E-state index is 13.7. The summed E-state index contributed by atoms with van der Waals surface area (Å²) in [6.07, 6.45) is 0. The second kappa shape index (κ2) is 7.32. The van der Waals surface area contributed by atoms with E-state index in [0.717, 1.165) is 27.2 Å². The minimum atomic E-state index is -1.26. The molecular weight excluding hydrogens is 495 g/mol. The highest BCUT2D eigenvalue weighted by atomic mass is 35.5. The minimum Gasteiger partial charge on any atom is -0.325 e. The van der Waals surface area contributed by atoms with Crippen molar-refractivity contribution in [3.63, 3.8) is 0 Å². The molecule has 0 radical (unpaired) electrons. The maximum Gasteiger partial charge on any atom is 0.244 e. The van der Waals surface area contributed by atoms with Gasteiger partial charge in [0.05, 0.1) is 11.8 Å². The van der Waals surface area contributed by atoms with Crippen LogP contribution in [0.5, 0.6) is 0 Å². The van der Waals surface area contributed by atoms with Crippen molar-refractivity contribution in [3.8, 4) is 0 Å². The Labute approximate surface area is 210 Å². The van der Waals surface area contributed by atoms with Gasteiger partial charge in [0.2, 0.25) is 17.7 Å². The Bertz CT molecular complexity index is 1270. The first-order valence-corrected chi connectivity index (χ1v) is 11.9. The fourth-order valence-corrected chi connectivity index (χ4v) is 6.98. The summed E-state index contributed by atoms with van der Waals surface area (Å²) >= 11 is 20.6. The molecule has 0 unspecified atom stereocenters. The summed E-state index contributed by atoms with van der Waals surface area (Å²) in [7, 11) is 0. The molecule has 1 saturated heterocycles. The Morgan fingerprint density at radius 2 is 1.18 bits per heavy atom. The van der Waals surface area contributed by atoms with Crippen molar-refractivity contribution in [1.29, 1.82) is 0 Å². The van der Waals surface area contributed by atoms with Gasteiger partial charge in [-0.05, 0) is 46.5 Å². The Morgan fingerprint density at radius 1 is 0.765 bits per heavy atom. The summed E-state index contributed by atoms with van der Waals surface area (Å²) in [6, 6.07) is 21.4. The first kappa shape index (κ1) is 21.7. The van der Waals surface area contributed by atoms with E-state index in [1.165, 1.54) is 0 Å². The Hall–Kier alpha value is -2.86. The van der Waals surface area contributed by atoms with Crippen molar-refractivity contribution in [2.45, 2.75) is 9.75 Å².